The molecule has 0 spiro atoms. The fourth-order valence-corrected chi connectivity index (χ4v) is 2.99. The Hall–Kier alpha value is -2.53. The Morgan fingerprint density at radius 2 is 1.52 bits per heavy atom. The summed E-state index contributed by atoms with van der Waals surface area (Å²) in [5.74, 6) is 0.0493. The lowest BCUT2D eigenvalue weighted by Crippen LogP contribution is -2.47. The number of amides is 1. The molecule has 1 aromatic heterocycles. The first-order valence-corrected chi connectivity index (χ1v) is 7.86. The molecule has 0 aliphatic carbocycles. The molecule has 3 aromatic rings. The number of para-hydroxylation sites is 3. The van der Waals surface area contributed by atoms with Crippen molar-refractivity contribution < 1.29 is 4.79 Å². The molecule has 5 heteroatoms. The average molecular weight is 306 g/mol. The Morgan fingerprint density at radius 3 is 2.26 bits per heavy atom. The Bertz CT molecular complexity index is 884. The van der Waals surface area contributed by atoms with Gasteiger partial charge in [0.15, 0.2) is 0 Å². The molecule has 2 aromatic carbocycles. The van der Waals surface area contributed by atoms with Crippen molar-refractivity contribution in [3.8, 4) is 0 Å². The molecule has 1 saturated heterocycles. The van der Waals surface area contributed by atoms with Crippen molar-refractivity contribution in [3.05, 3.63) is 48.0 Å². The van der Waals surface area contributed by atoms with Gasteiger partial charge in [-0.1, -0.05) is 18.2 Å². The van der Waals surface area contributed by atoms with E-state index < -0.39 is 0 Å². The second kappa shape index (κ2) is 5.59. The molecule has 1 amide bonds. The van der Waals surface area contributed by atoms with E-state index in [9.17, 15) is 4.79 Å². The van der Waals surface area contributed by atoms with E-state index in [0.717, 1.165) is 42.7 Å². The molecule has 0 radical (unpaired) electrons. The predicted octanol–water partition coefficient (Wildman–Crippen LogP) is 2.17. The van der Waals surface area contributed by atoms with E-state index in [4.69, 9.17) is 0 Å². The summed E-state index contributed by atoms with van der Waals surface area (Å²) in [5.41, 5.74) is 3.77. The second-order valence-electron chi connectivity index (χ2n) is 5.98. The van der Waals surface area contributed by atoms with Gasteiger partial charge in [-0.25, -0.2) is 9.97 Å². The summed E-state index contributed by atoms with van der Waals surface area (Å²) in [6.07, 6.45) is 0. The van der Waals surface area contributed by atoms with Crippen LogP contribution < -0.4 is 0 Å². The number of nitrogens with zero attached hydrogens (tertiary/aromatic N) is 4. The minimum atomic E-state index is 0.0493. The summed E-state index contributed by atoms with van der Waals surface area (Å²) in [6, 6.07) is 13.4. The van der Waals surface area contributed by atoms with Crippen LogP contribution in [0.4, 0.5) is 0 Å². The van der Waals surface area contributed by atoms with Gasteiger partial charge in [0.25, 0.3) is 5.91 Å². The van der Waals surface area contributed by atoms with Crippen LogP contribution in [-0.4, -0.2) is 58.9 Å². The highest BCUT2D eigenvalue weighted by Crippen LogP contribution is 2.21. The number of likely N-dealkylation sites (N-methyl/N-ethyl adjacent to an activating group) is 1. The van der Waals surface area contributed by atoms with Gasteiger partial charge in [-0.05, 0) is 31.3 Å². The Labute approximate surface area is 134 Å². The van der Waals surface area contributed by atoms with Gasteiger partial charge in [-0.2, -0.15) is 0 Å². The molecule has 4 rings (SSSR count). The first kappa shape index (κ1) is 14.1. The number of rotatable bonds is 1. The minimum absolute atomic E-state index is 0.0493. The van der Waals surface area contributed by atoms with E-state index in [1.165, 1.54) is 0 Å². The molecule has 2 heterocycles. The Kier molecular flexibility index (Phi) is 3.42. The SMILES string of the molecule is CN1CCN(C(=O)c2cccc3nc4ccccc4nc23)CC1. The highest BCUT2D eigenvalue weighted by atomic mass is 16.2. The smallest absolute Gasteiger partial charge is 0.256 e. The molecular weight excluding hydrogens is 288 g/mol. The fraction of sp³-hybridized carbons (Fsp3) is 0.278. The van der Waals surface area contributed by atoms with Crippen LogP contribution in [0.2, 0.25) is 0 Å². The number of hydrogen-bond acceptors (Lipinski definition) is 4. The zero-order chi connectivity index (χ0) is 15.8. The third-order valence-corrected chi connectivity index (χ3v) is 4.39. The van der Waals surface area contributed by atoms with Gasteiger partial charge in [0.1, 0.15) is 5.52 Å². The number of fused-ring (bicyclic) bond motifs is 2. The van der Waals surface area contributed by atoms with Crippen molar-refractivity contribution in [3.63, 3.8) is 0 Å². The van der Waals surface area contributed by atoms with Gasteiger partial charge in [-0.15, -0.1) is 0 Å². The average Bonchev–Trinajstić information content (AvgIpc) is 2.59. The van der Waals surface area contributed by atoms with E-state index in [-0.39, 0.29) is 5.91 Å². The van der Waals surface area contributed by atoms with Gasteiger partial charge in [0, 0.05) is 26.2 Å². The van der Waals surface area contributed by atoms with Crippen molar-refractivity contribution >= 4 is 28.0 Å². The molecule has 0 bridgehead atoms. The zero-order valence-corrected chi connectivity index (χ0v) is 13.1. The molecule has 116 valence electrons. The molecule has 0 saturated carbocycles. The van der Waals surface area contributed by atoms with Crippen LogP contribution >= 0.6 is 0 Å². The van der Waals surface area contributed by atoms with Gasteiger partial charge >= 0.3 is 0 Å². The normalized spacial score (nSPS) is 16.1. The van der Waals surface area contributed by atoms with Crippen LogP contribution in [0.15, 0.2) is 42.5 Å². The third-order valence-electron chi connectivity index (χ3n) is 4.39. The summed E-state index contributed by atoms with van der Waals surface area (Å²) >= 11 is 0. The summed E-state index contributed by atoms with van der Waals surface area (Å²) in [4.78, 5) is 26.4. The summed E-state index contributed by atoms with van der Waals surface area (Å²) in [7, 11) is 2.08. The predicted molar refractivity (Wildman–Crippen MR) is 90.4 cm³/mol. The maximum Gasteiger partial charge on any atom is 0.256 e. The molecular formula is C18H18N4O. The molecule has 0 atom stereocenters. The summed E-state index contributed by atoms with van der Waals surface area (Å²) < 4.78 is 0. The first-order chi connectivity index (χ1) is 11.2. The standard InChI is InChI=1S/C18H18N4O/c1-21-9-11-22(12-10-21)18(23)13-5-4-8-16-17(13)20-15-7-3-2-6-14(15)19-16/h2-8H,9-12H2,1H3. The summed E-state index contributed by atoms with van der Waals surface area (Å²) in [6.45, 7) is 3.33. The van der Waals surface area contributed by atoms with Gasteiger partial charge in [0.05, 0.1) is 22.1 Å². The Balaban J connectivity index is 1.80. The monoisotopic (exact) mass is 306 g/mol. The topological polar surface area (TPSA) is 49.3 Å². The van der Waals surface area contributed by atoms with Gasteiger partial charge in [-0.3, -0.25) is 4.79 Å². The number of hydrogen-bond donors (Lipinski definition) is 0. The number of benzene rings is 2. The van der Waals surface area contributed by atoms with Crippen LogP contribution in [0, 0.1) is 0 Å². The van der Waals surface area contributed by atoms with Crippen molar-refractivity contribution in [1.82, 2.24) is 19.8 Å². The van der Waals surface area contributed by atoms with E-state index in [1.54, 1.807) is 0 Å². The maximum absolute atomic E-state index is 12.9. The molecule has 1 aliphatic rings. The lowest BCUT2D eigenvalue weighted by atomic mass is 10.1. The van der Waals surface area contributed by atoms with E-state index in [2.05, 4.69) is 21.9 Å². The van der Waals surface area contributed by atoms with Crippen molar-refractivity contribution in [1.29, 1.82) is 0 Å². The van der Waals surface area contributed by atoms with Crippen LogP contribution in [0.25, 0.3) is 22.1 Å². The number of carbonyl (C=O) groups is 1. The van der Waals surface area contributed by atoms with Crippen LogP contribution in [0.1, 0.15) is 10.4 Å². The second-order valence-corrected chi connectivity index (χ2v) is 5.98. The molecule has 0 unspecified atom stereocenters. The van der Waals surface area contributed by atoms with Crippen LogP contribution in [-0.2, 0) is 0 Å². The van der Waals surface area contributed by atoms with E-state index in [1.807, 2.05) is 47.4 Å². The van der Waals surface area contributed by atoms with E-state index in [0.29, 0.717) is 11.1 Å². The van der Waals surface area contributed by atoms with Gasteiger partial charge in [0.2, 0.25) is 0 Å². The lowest BCUT2D eigenvalue weighted by molar-refractivity contribution is 0.0666. The maximum atomic E-state index is 12.9. The zero-order valence-electron chi connectivity index (χ0n) is 13.1. The molecule has 1 aliphatic heterocycles. The van der Waals surface area contributed by atoms with Crippen molar-refractivity contribution in [2.24, 2.45) is 0 Å². The highest BCUT2D eigenvalue weighted by molar-refractivity contribution is 6.06. The van der Waals surface area contributed by atoms with Crippen LogP contribution in [0.3, 0.4) is 0 Å². The fourth-order valence-electron chi connectivity index (χ4n) is 2.99. The van der Waals surface area contributed by atoms with Crippen LogP contribution in [0.5, 0.6) is 0 Å². The van der Waals surface area contributed by atoms with Crippen molar-refractivity contribution in [2.75, 3.05) is 33.2 Å². The molecule has 5 nitrogen and oxygen atoms in total. The van der Waals surface area contributed by atoms with Crippen molar-refractivity contribution in [2.45, 2.75) is 0 Å². The number of piperazine rings is 1. The molecule has 1 fully saturated rings. The largest absolute Gasteiger partial charge is 0.336 e. The first-order valence-electron chi connectivity index (χ1n) is 7.86. The van der Waals surface area contributed by atoms with E-state index >= 15 is 0 Å². The minimum Gasteiger partial charge on any atom is -0.336 e. The quantitative estimate of drug-likeness (QED) is 0.647. The molecule has 0 N–H and O–H groups in total. The van der Waals surface area contributed by atoms with Gasteiger partial charge < -0.3 is 9.80 Å². The number of carbonyl (C=O) groups excluding carboxylic acids is 1. The highest BCUT2D eigenvalue weighted by Gasteiger charge is 2.22. The molecule has 23 heavy (non-hydrogen) atoms. The summed E-state index contributed by atoms with van der Waals surface area (Å²) in [5, 5.41) is 0. The third kappa shape index (κ3) is 2.53. The lowest BCUT2D eigenvalue weighted by Gasteiger charge is -2.32. The Morgan fingerprint density at radius 1 is 0.870 bits per heavy atom. The number of aromatic nitrogens is 2.